The molecule has 0 saturated heterocycles. The van der Waals surface area contributed by atoms with Gasteiger partial charge in [0.1, 0.15) is 23.3 Å². The van der Waals surface area contributed by atoms with Gasteiger partial charge in [0.15, 0.2) is 0 Å². The van der Waals surface area contributed by atoms with E-state index >= 15 is 0 Å². The maximum absolute atomic E-state index is 13.6. The number of hydrogen-bond acceptors (Lipinski definition) is 4. The fraction of sp³-hybridized carbons (Fsp3) is 0.286. The smallest absolute Gasteiger partial charge is 0.146 e. The predicted molar refractivity (Wildman–Crippen MR) is 75.4 cm³/mol. The average molecular weight is 260 g/mol. The van der Waals surface area contributed by atoms with Gasteiger partial charge in [-0.3, -0.25) is 0 Å². The van der Waals surface area contributed by atoms with E-state index in [2.05, 4.69) is 20.6 Å². The lowest BCUT2D eigenvalue weighted by molar-refractivity contribution is 0.631. The van der Waals surface area contributed by atoms with Crippen LogP contribution in [0.2, 0.25) is 0 Å². The molecule has 0 saturated carbocycles. The van der Waals surface area contributed by atoms with Crippen LogP contribution in [0.15, 0.2) is 30.3 Å². The number of anilines is 3. The van der Waals surface area contributed by atoms with E-state index in [1.165, 1.54) is 6.07 Å². The van der Waals surface area contributed by atoms with Gasteiger partial charge < -0.3 is 10.6 Å². The summed E-state index contributed by atoms with van der Waals surface area (Å²) in [5.41, 5.74) is 0.401. The molecule has 1 heterocycles. The SMILES string of the molecule is CNc1cc(Nc2ccccc2F)nc(C(C)C)n1. The third-order valence-corrected chi connectivity index (χ3v) is 2.65. The van der Waals surface area contributed by atoms with Crippen molar-refractivity contribution in [2.45, 2.75) is 19.8 Å². The Hall–Kier alpha value is -2.17. The molecule has 0 fully saturated rings. The molecule has 0 unspecified atom stereocenters. The summed E-state index contributed by atoms with van der Waals surface area (Å²) in [6.07, 6.45) is 0. The molecule has 0 bridgehead atoms. The number of benzene rings is 1. The first-order valence-electron chi connectivity index (χ1n) is 6.18. The highest BCUT2D eigenvalue weighted by atomic mass is 19.1. The van der Waals surface area contributed by atoms with E-state index in [9.17, 15) is 4.39 Å². The summed E-state index contributed by atoms with van der Waals surface area (Å²) in [6, 6.07) is 8.25. The van der Waals surface area contributed by atoms with E-state index in [0.29, 0.717) is 23.1 Å². The molecule has 19 heavy (non-hydrogen) atoms. The summed E-state index contributed by atoms with van der Waals surface area (Å²) in [4.78, 5) is 8.75. The molecule has 1 aromatic heterocycles. The molecular formula is C14H17FN4. The van der Waals surface area contributed by atoms with Gasteiger partial charge in [0.05, 0.1) is 5.69 Å². The van der Waals surface area contributed by atoms with Crippen molar-refractivity contribution in [3.63, 3.8) is 0 Å². The summed E-state index contributed by atoms with van der Waals surface area (Å²) >= 11 is 0. The molecule has 2 rings (SSSR count). The first-order chi connectivity index (χ1) is 9.10. The average Bonchev–Trinajstić information content (AvgIpc) is 2.41. The summed E-state index contributed by atoms with van der Waals surface area (Å²) < 4.78 is 13.6. The molecule has 2 N–H and O–H groups in total. The number of rotatable bonds is 4. The largest absolute Gasteiger partial charge is 0.373 e. The second kappa shape index (κ2) is 5.65. The van der Waals surface area contributed by atoms with Crippen molar-refractivity contribution in [3.05, 3.63) is 42.0 Å². The first-order valence-corrected chi connectivity index (χ1v) is 6.18. The number of para-hydroxylation sites is 1. The maximum Gasteiger partial charge on any atom is 0.146 e. The highest BCUT2D eigenvalue weighted by molar-refractivity contribution is 5.59. The zero-order valence-corrected chi connectivity index (χ0v) is 11.2. The van der Waals surface area contributed by atoms with Crippen LogP contribution < -0.4 is 10.6 Å². The molecule has 0 atom stereocenters. The summed E-state index contributed by atoms with van der Waals surface area (Å²) in [6.45, 7) is 4.03. The topological polar surface area (TPSA) is 49.8 Å². The lowest BCUT2D eigenvalue weighted by Crippen LogP contribution is -2.05. The van der Waals surface area contributed by atoms with Crippen molar-refractivity contribution in [1.29, 1.82) is 0 Å². The van der Waals surface area contributed by atoms with E-state index in [4.69, 9.17) is 0 Å². The Labute approximate surface area is 112 Å². The third kappa shape index (κ3) is 3.19. The predicted octanol–water partition coefficient (Wildman–Crippen LogP) is 3.52. The van der Waals surface area contributed by atoms with Crippen LogP contribution in [0.1, 0.15) is 25.6 Å². The van der Waals surface area contributed by atoms with E-state index in [1.807, 2.05) is 13.8 Å². The lowest BCUT2D eigenvalue weighted by Gasteiger charge is -2.11. The highest BCUT2D eigenvalue weighted by Gasteiger charge is 2.09. The normalized spacial score (nSPS) is 10.6. The Kier molecular flexibility index (Phi) is 3.94. The molecule has 0 amide bonds. The van der Waals surface area contributed by atoms with Crippen LogP contribution in [-0.4, -0.2) is 17.0 Å². The zero-order chi connectivity index (χ0) is 13.8. The molecule has 0 aliphatic carbocycles. The van der Waals surface area contributed by atoms with Gasteiger partial charge in [-0.25, -0.2) is 14.4 Å². The van der Waals surface area contributed by atoms with Crippen LogP contribution in [0.25, 0.3) is 0 Å². The Morgan fingerprint density at radius 3 is 2.42 bits per heavy atom. The first kappa shape index (κ1) is 13.3. The van der Waals surface area contributed by atoms with Gasteiger partial charge in [-0.05, 0) is 12.1 Å². The molecule has 5 heteroatoms. The van der Waals surface area contributed by atoms with Crippen molar-refractivity contribution in [3.8, 4) is 0 Å². The van der Waals surface area contributed by atoms with Crippen molar-refractivity contribution in [1.82, 2.24) is 9.97 Å². The van der Waals surface area contributed by atoms with Crippen LogP contribution >= 0.6 is 0 Å². The van der Waals surface area contributed by atoms with Crippen LogP contribution in [0.5, 0.6) is 0 Å². The third-order valence-electron chi connectivity index (χ3n) is 2.65. The fourth-order valence-electron chi connectivity index (χ4n) is 1.62. The summed E-state index contributed by atoms with van der Waals surface area (Å²) in [5.74, 6) is 1.89. The van der Waals surface area contributed by atoms with Gasteiger partial charge in [0.2, 0.25) is 0 Å². The number of hydrogen-bond donors (Lipinski definition) is 2. The standard InChI is InChI=1S/C14H17FN4/c1-9(2)14-18-12(16-3)8-13(19-14)17-11-7-5-4-6-10(11)15/h4-9H,1-3H3,(H2,16,17,18,19). The molecule has 0 spiro atoms. The molecule has 2 aromatic rings. The second-order valence-corrected chi connectivity index (χ2v) is 4.51. The number of halogens is 1. The Morgan fingerprint density at radius 1 is 1.11 bits per heavy atom. The van der Waals surface area contributed by atoms with E-state index in [0.717, 1.165) is 0 Å². The van der Waals surface area contributed by atoms with Crippen LogP contribution in [0.4, 0.5) is 21.7 Å². The van der Waals surface area contributed by atoms with Crippen molar-refractivity contribution in [2.24, 2.45) is 0 Å². The lowest BCUT2D eigenvalue weighted by atomic mass is 10.2. The molecule has 1 aromatic carbocycles. The second-order valence-electron chi connectivity index (χ2n) is 4.51. The van der Waals surface area contributed by atoms with Crippen LogP contribution in [-0.2, 0) is 0 Å². The van der Waals surface area contributed by atoms with Gasteiger partial charge in [-0.1, -0.05) is 26.0 Å². The minimum Gasteiger partial charge on any atom is -0.373 e. The van der Waals surface area contributed by atoms with E-state index < -0.39 is 0 Å². The number of aromatic nitrogens is 2. The van der Waals surface area contributed by atoms with Gasteiger partial charge in [-0.15, -0.1) is 0 Å². The maximum atomic E-state index is 13.6. The van der Waals surface area contributed by atoms with Crippen LogP contribution in [0, 0.1) is 5.82 Å². The van der Waals surface area contributed by atoms with Gasteiger partial charge in [0.25, 0.3) is 0 Å². The van der Waals surface area contributed by atoms with E-state index in [1.54, 1.807) is 31.3 Å². The van der Waals surface area contributed by atoms with E-state index in [-0.39, 0.29) is 11.7 Å². The Balaban J connectivity index is 2.34. The summed E-state index contributed by atoms with van der Waals surface area (Å²) in [5, 5.41) is 5.95. The van der Waals surface area contributed by atoms with Gasteiger partial charge >= 0.3 is 0 Å². The Morgan fingerprint density at radius 2 is 1.79 bits per heavy atom. The van der Waals surface area contributed by atoms with Crippen molar-refractivity contribution >= 4 is 17.3 Å². The van der Waals surface area contributed by atoms with Crippen molar-refractivity contribution in [2.75, 3.05) is 17.7 Å². The summed E-state index contributed by atoms with van der Waals surface area (Å²) in [7, 11) is 1.79. The van der Waals surface area contributed by atoms with Crippen LogP contribution in [0.3, 0.4) is 0 Å². The zero-order valence-electron chi connectivity index (χ0n) is 11.2. The quantitative estimate of drug-likeness (QED) is 0.883. The molecule has 0 aliphatic heterocycles. The minimum absolute atomic E-state index is 0.203. The number of nitrogens with zero attached hydrogens (tertiary/aromatic N) is 2. The minimum atomic E-state index is -0.307. The number of nitrogens with one attached hydrogen (secondary N) is 2. The van der Waals surface area contributed by atoms with Gasteiger partial charge in [0, 0.05) is 19.0 Å². The fourth-order valence-corrected chi connectivity index (χ4v) is 1.62. The molecule has 100 valence electrons. The highest BCUT2D eigenvalue weighted by Crippen LogP contribution is 2.21. The van der Waals surface area contributed by atoms with Gasteiger partial charge in [-0.2, -0.15) is 0 Å². The monoisotopic (exact) mass is 260 g/mol. The van der Waals surface area contributed by atoms with Crippen molar-refractivity contribution < 1.29 is 4.39 Å². The molecule has 0 radical (unpaired) electrons. The molecule has 4 nitrogen and oxygen atoms in total. The Bertz CT molecular complexity index is 569. The molecular weight excluding hydrogens is 243 g/mol. The molecule has 0 aliphatic rings.